The lowest BCUT2D eigenvalue weighted by molar-refractivity contribution is -0.154. The van der Waals surface area contributed by atoms with Crippen molar-refractivity contribution in [1.82, 2.24) is 0 Å². The largest absolute Gasteiger partial charge is 0.461 e. The van der Waals surface area contributed by atoms with Crippen LogP contribution in [0.4, 0.5) is 0 Å². The zero-order chi connectivity index (χ0) is 29.4. The maximum Gasteiger partial charge on any atom is 0.338 e. The number of esters is 3. The van der Waals surface area contributed by atoms with Gasteiger partial charge in [0, 0.05) is 25.7 Å². The van der Waals surface area contributed by atoms with E-state index in [4.69, 9.17) is 18.9 Å². The van der Waals surface area contributed by atoms with E-state index in [0.29, 0.717) is 17.6 Å². The summed E-state index contributed by atoms with van der Waals surface area (Å²) in [5, 5.41) is 11.8. The summed E-state index contributed by atoms with van der Waals surface area (Å²) in [5.74, 6) is -3.63. The molecule has 0 aromatic heterocycles. The van der Waals surface area contributed by atoms with Crippen molar-refractivity contribution in [3.05, 3.63) is 47.5 Å². The number of aliphatic hydroxyl groups excluding tert-OH is 1. The number of ether oxygens (including phenoxy) is 4. The molecule has 5 rings (SSSR count). The van der Waals surface area contributed by atoms with Crippen molar-refractivity contribution in [1.29, 1.82) is 0 Å². The predicted octanol–water partition coefficient (Wildman–Crippen LogP) is 3.42. The summed E-state index contributed by atoms with van der Waals surface area (Å²) >= 11 is 0. The standard InChI is InChI=1S/C31H38O9/c1-15-13-31-27(38-19(5)33)16(2)14-30(31,40-31)26(35)17(3)24(37-18(4)32)21-22(29(21,6)7)25(23(15)34)39-28(36)20-11-9-8-10-12-20/h8-13,16-17,21-25,27,34H,14H2,1-7H3. The van der Waals surface area contributed by atoms with Gasteiger partial charge in [0.2, 0.25) is 0 Å². The van der Waals surface area contributed by atoms with Crippen molar-refractivity contribution in [2.24, 2.45) is 29.1 Å². The van der Waals surface area contributed by atoms with Gasteiger partial charge in [-0.3, -0.25) is 14.4 Å². The van der Waals surface area contributed by atoms with Crippen molar-refractivity contribution in [3.8, 4) is 0 Å². The lowest BCUT2D eigenvalue weighted by atomic mass is 9.80. The first-order chi connectivity index (χ1) is 18.7. The second kappa shape index (κ2) is 9.52. The fourth-order valence-corrected chi connectivity index (χ4v) is 7.64. The SMILES string of the molecule is CC(=O)OC1C(C)C(=O)C23CC(C)C(OC(C)=O)C2(C=C(C)C(O)C(OC(=O)c2ccccc2)C2C1C2(C)C)O3. The Morgan fingerprint density at radius 1 is 0.950 bits per heavy atom. The lowest BCUT2D eigenvalue weighted by Gasteiger charge is -2.28. The van der Waals surface area contributed by atoms with Crippen molar-refractivity contribution >= 4 is 23.7 Å². The number of carbonyl (C=O) groups is 4. The van der Waals surface area contributed by atoms with E-state index in [9.17, 15) is 24.3 Å². The van der Waals surface area contributed by atoms with Crippen LogP contribution in [0.5, 0.6) is 0 Å². The average molecular weight is 555 g/mol. The summed E-state index contributed by atoms with van der Waals surface area (Å²) in [4.78, 5) is 51.8. The van der Waals surface area contributed by atoms with Crippen molar-refractivity contribution in [2.45, 2.75) is 90.5 Å². The lowest BCUT2D eigenvalue weighted by Crippen LogP contribution is -2.43. The molecule has 1 heterocycles. The maximum atomic E-state index is 14.3. The molecule has 2 saturated carbocycles. The monoisotopic (exact) mass is 554 g/mol. The van der Waals surface area contributed by atoms with E-state index in [1.165, 1.54) is 13.8 Å². The Bertz CT molecular complexity index is 1270. The van der Waals surface area contributed by atoms with Gasteiger partial charge in [-0.05, 0) is 48.5 Å². The molecule has 216 valence electrons. The summed E-state index contributed by atoms with van der Waals surface area (Å²) < 4.78 is 23.8. The minimum Gasteiger partial charge on any atom is -0.461 e. The molecular formula is C31H38O9. The molecule has 0 bridgehead atoms. The van der Waals surface area contributed by atoms with Gasteiger partial charge in [0.25, 0.3) is 0 Å². The van der Waals surface area contributed by atoms with E-state index >= 15 is 0 Å². The minimum absolute atomic E-state index is 0.207. The Kier molecular flexibility index (Phi) is 6.78. The van der Waals surface area contributed by atoms with Crippen LogP contribution in [-0.2, 0) is 33.3 Å². The zero-order valence-corrected chi connectivity index (χ0v) is 24.0. The number of Topliss-reactive ketones (excluding diaryl/α,β-unsaturated/α-hetero) is 1. The van der Waals surface area contributed by atoms with Gasteiger partial charge in [-0.2, -0.15) is 0 Å². The van der Waals surface area contributed by atoms with Gasteiger partial charge in [-0.15, -0.1) is 0 Å². The average Bonchev–Trinajstić information content (AvgIpc) is 3.68. The van der Waals surface area contributed by atoms with Gasteiger partial charge in [0.15, 0.2) is 17.0 Å². The zero-order valence-electron chi connectivity index (χ0n) is 24.0. The van der Waals surface area contributed by atoms with E-state index in [1.807, 2.05) is 20.8 Å². The molecule has 4 aliphatic rings. The molecule has 0 spiro atoms. The van der Waals surface area contributed by atoms with Crippen molar-refractivity contribution in [2.75, 3.05) is 0 Å². The molecule has 3 fully saturated rings. The number of rotatable bonds is 4. The molecule has 9 nitrogen and oxygen atoms in total. The molecule has 1 saturated heterocycles. The molecule has 3 aliphatic carbocycles. The van der Waals surface area contributed by atoms with Crippen LogP contribution in [0.25, 0.3) is 0 Å². The van der Waals surface area contributed by atoms with Crippen LogP contribution >= 0.6 is 0 Å². The Balaban J connectivity index is 1.63. The first kappa shape index (κ1) is 28.5. The Hall–Kier alpha value is -3.04. The van der Waals surface area contributed by atoms with Gasteiger partial charge < -0.3 is 24.1 Å². The fraction of sp³-hybridized carbons (Fsp3) is 0.613. The number of carbonyl (C=O) groups excluding carboxylic acids is 4. The van der Waals surface area contributed by atoms with Crippen LogP contribution in [0.1, 0.15) is 65.2 Å². The molecule has 40 heavy (non-hydrogen) atoms. The minimum atomic E-state index is -1.29. The highest BCUT2D eigenvalue weighted by Gasteiger charge is 2.84. The summed E-state index contributed by atoms with van der Waals surface area (Å²) in [6.07, 6.45) is -1.86. The number of benzene rings is 1. The fourth-order valence-electron chi connectivity index (χ4n) is 7.64. The number of hydrogen-bond donors (Lipinski definition) is 1. The van der Waals surface area contributed by atoms with Crippen LogP contribution in [-0.4, -0.2) is 64.4 Å². The van der Waals surface area contributed by atoms with Crippen LogP contribution in [0, 0.1) is 29.1 Å². The van der Waals surface area contributed by atoms with Gasteiger partial charge in [-0.25, -0.2) is 4.79 Å². The van der Waals surface area contributed by atoms with Crippen molar-refractivity contribution < 1.29 is 43.2 Å². The summed E-state index contributed by atoms with van der Waals surface area (Å²) in [5.41, 5.74) is -2.33. The Morgan fingerprint density at radius 2 is 1.55 bits per heavy atom. The molecular weight excluding hydrogens is 516 g/mol. The van der Waals surface area contributed by atoms with E-state index in [1.54, 1.807) is 50.3 Å². The second-order valence-electron chi connectivity index (χ2n) is 12.6. The van der Waals surface area contributed by atoms with Gasteiger partial charge in [0.05, 0.1) is 11.5 Å². The summed E-state index contributed by atoms with van der Waals surface area (Å²) in [6.45, 7) is 11.8. The van der Waals surface area contributed by atoms with Crippen molar-refractivity contribution in [3.63, 3.8) is 0 Å². The topological polar surface area (TPSA) is 129 Å². The molecule has 9 heteroatoms. The molecule has 1 N–H and O–H groups in total. The van der Waals surface area contributed by atoms with Gasteiger partial charge >= 0.3 is 17.9 Å². The Morgan fingerprint density at radius 3 is 2.15 bits per heavy atom. The molecule has 1 aromatic carbocycles. The van der Waals surface area contributed by atoms with Crippen LogP contribution in [0.15, 0.2) is 42.0 Å². The molecule has 0 radical (unpaired) electrons. The molecule has 0 amide bonds. The number of epoxide rings is 1. The van der Waals surface area contributed by atoms with E-state index in [2.05, 4.69) is 0 Å². The first-order valence-corrected chi connectivity index (χ1v) is 13.9. The number of hydrogen-bond acceptors (Lipinski definition) is 9. The van der Waals surface area contributed by atoms with Crippen LogP contribution in [0.2, 0.25) is 0 Å². The third-order valence-electron chi connectivity index (χ3n) is 9.56. The predicted molar refractivity (Wildman–Crippen MR) is 142 cm³/mol. The van der Waals surface area contributed by atoms with Gasteiger partial charge in [-0.1, -0.05) is 45.9 Å². The van der Waals surface area contributed by atoms with Crippen LogP contribution < -0.4 is 0 Å². The molecule has 1 aromatic rings. The maximum absolute atomic E-state index is 14.3. The summed E-state index contributed by atoms with van der Waals surface area (Å²) in [7, 11) is 0. The summed E-state index contributed by atoms with van der Waals surface area (Å²) in [6, 6.07) is 8.51. The Labute approximate surface area is 234 Å². The quantitative estimate of drug-likeness (QED) is 0.258. The third-order valence-corrected chi connectivity index (χ3v) is 9.56. The van der Waals surface area contributed by atoms with Gasteiger partial charge in [0.1, 0.15) is 24.4 Å². The normalized spacial score (nSPS) is 41.2. The first-order valence-electron chi connectivity index (χ1n) is 13.9. The van der Waals surface area contributed by atoms with E-state index in [-0.39, 0.29) is 17.6 Å². The second-order valence-corrected chi connectivity index (χ2v) is 12.6. The molecule has 1 aliphatic heterocycles. The highest BCUT2D eigenvalue weighted by Crippen LogP contribution is 2.68. The highest BCUT2D eigenvalue weighted by atomic mass is 16.7. The highest BCUT2D eigenvalue weighted by molar-refractivity contribution is 5.96. The number of fused-ring (bicyclic) bond motifs is 1. The smallest absolute Gasteiger partial charge is 0.338 e. The third kappa shape index (κ3) is 4.20. The number of ketones is 1. The van der Waals surface area contributed by atoms with Crippen LogP contribution in [0.3, 0.4) is 0 Å². The van der Waals surface area contributed by atoms with E-state index < -0.39 is 70.8 Å². The van der Waals surface area contributed by atoms with E-state index in [0.717, 1.165) is 0 Å². The molecule has 10 atom stereocenters. The number of aliphatic hydroxyl groups is 1. The molecule has 10 unspecified atom stereocenters.